The number of carbonyl (C=O) groups is 4. The number of anilines is 1. The second kappa shape index (κ2) is 15.2. The van der Waals surface area contributed by atoms with E-state index in [0.29, 0.717) is 31.6 Å². The monoisotopic (exact) mass is 476 g/mol. The second-order valence-electron chi connectivity index (χ2n) is 9.01. The van der Waals surface area contributed by atoms with Gasteiger partial charge >= 0.3 is 0 Å². The van der Waals surface area contributed by atoms with E-state index in [4.69, 9.17) is 4.84 Å². The smallest absolute Gasteiger partial charge is 0.246 e. The highest BCUT2D eigenvalue weighted by molar-refractivity contribution is 5.98. The quantitative estimate of drug-likeness (QED) is 0.289. The molecule has 3 amide bonds. The van der Waals surface area contributed by atoms with Crippen molar-refractivity contribution in [3.8, 4) is 0 Å². The topological polar surface area (TPSA) is 126 Å². The Balaban J connectivity index is 2.55. The number of hydroxylamine groups is 1. The minimum absolute atomic E-state index is 0.108. The summed E-state index contributed by atoms with van der Waals surface area (Å²) < 4.78 is 0. The third kappa shape index (κ3) is 11.4. The number of amides is 3. The van der Waals surface area contributed by atoms with Gasteiger partial charge in [0, 0.05) is 31.0 Å². The molecule has 0 aromatic heterocycles. The highest BCUT2D eigenvalue weighted by Gasteiger charge is 2.27. The molecule has 0 heterocycles. The zero-order valence-electron chi connectivity index (χ0n) is 21.2. The molecular formula is C25H40N4O5. The van der Waals surface area contributed by atoms with Crippen molar-refractivity contribution in [3.05, 3.63) is 29.8 Å². The molecule has 0 aliphatic rings. The maximum absolute atomic E-state index is 12.7. The van der Waals surface area contributed by atoms with Gasteiger partial charge in [0.15, 0.2) is 0 Å². The average Bonchev–Trinajstić information content (AvgIpc) is 2.77. The largest absolute Gasteiger partial charge is 0.344 e. The van der Waals surface area contributed by atoms with Gasteiger partial charge in [-0.3, -0.25) is 24.0 Å². The van der Waals surface area contributed by atoms with E-state index >= 15 is 0 Å². The van der Waals surface area contributed by atoms with Gasteiger partial charge in [0.05, 0.1) is 6.61 Å². The van der Waals surface area contributed by atoms with E-state index < -0.39 is 18.0 Å². The van der Waals surface area contributed by atoms with Crippen molar-refractivity contribution in [1.29, 1.82) is 0 Å². The zero-order valence-corrected chi connectivity index (χ0v) is 21.2. The lowest BCUT2D eigenvalue weighted by atomic mass is 10.0. The fourth-order valence-electron chi connectivity index (χ4n) is 3.00. The molecule has 0 unspecified atom stereocenters. The van der Waals surface area contributed by atoms with Crippen molar-refractivity contribution in [2.75, 3.05) is 5.32 Å². The van der Waals surface area contributed by atoms with Crippen LogP contribution >= 0.6 is 0 Å². The van der Waals surface area contributed by atoms with Gasteiger partial charge in [-0.05, 0) is 50.8 Å². The van der Waals surface area contributed by atoms with Crippen molar-refractivity contribution in [2.24, 2.45) is 5.92 Å². The van der Waals surface area contributed by atoms with Crippen LogP contribution in [0.5, 0.6) is 0 Å². The van der Waals surface area contributed by atoms with Gasteiger partial charge in [-0.25, -0.2) is 0 Å². The lowest BCUT2D eigenvalue weighted by Crippen LogP contribution is -2.53. The Bertz CT molecular complexity index is 808. The van der Waals surface area contributed by atoms with Crippen LogP contribution in [0.3, 0.4) is 0 Å². The van der Waals surface area contributed by atoms with Gasteiger partial charge in [-0.15, -0.1) is 0 Å². The van der Waals surface area contributed by atoms with Crippen LogP contribution < -0.4 is 21.4 Å². The van der Waals surface area contributed by atoms with Crippen LogP contribution in [0, 0.1) is 5.92 Å². The summed E-state index contributed by atoms with van der Waals surface area (Å²) >= 11 is 0. The fourth-order valence-corrected chi connectivity index (χ4v) is 3.00. The maximum Gasteiger partial charge on any atom is 0.246 e. The summed E-state index contributed by atoms with van der Waals surface area (Å²) in [5.41, 5.74) is 4.42. The highest BCUT2D eigenvalue weighted by Crippen LogP contribution is 2.11. The molecule has 1 rings (SSSR count). The Kier molecular flexibility index (Phi) is 13.1. The summed E-state index contributed by atoms with van der Waals surface area (Å²) in [5, 5.41) is 8.16. The van der Waals surface area contributed by atoms with Crippen LogP contribution in [0.2, 0.25) is 0 Å². The van der Waals surface area contributed by atoms with E-state index in [-0.39, 0.29) is 36.0 Å². The molecule has 0 bridgehead atoms. The molecule has 0 aliphatic heterocycles. The second-order valence-corrected chi connectivity index (χ2v) is 9.01. The predicted molar refractivity (Wildman–Crippen MR) is 132 cm³/mol. The Morgan fingerprint density at radius 1 is 0.882 bits per heavy atom. The Morgan fingerprint density at radius 2 is 1.53 bits per heavy atom. The van der Waals surface area contributed by atoms with Gasteiger partial charge < -0.3 is 16.0 Å². The summed E-state index contributed by atoms with van der Waals surface area (Å²) in [4.78, 5) is 54.2. The Labute approximate surface area is 202 Å². The molecule has 9 heteroatoms. The summed E-state index contributed by atoms with van der Waals surface area (Å²) in [6, 6.07) is 5.87. The third-order valence-electron chi connectivity index (χ3n) is 5.05. The van der Waals surface area contributed by atoms with Gasteiger partial charge in [0.1, 0.15) is 17.9 Å². The first-order chi connectivity index (χ1) is 16.0. The first-order valence-corrected chi connectivity index (χ1v) is 11.9. The van der Waals surface area contributed by atoms with E-state index in [1.807, 2.05) is 39.8 Å². The molecule has 0 saturated heterocycles. The van der Waals surface area contributed by atoms with Crippen molar-refractivity contribution in [3.63, 3.8) is 0 Å². The van der Waals surface area contributed by atoms with Crippen LogP contribution in [0.1, 0.15) is 72.8 Å². The Hall–Kier alpha value is -2.78. The number of hydrogen-bond acceptors (Lipinski definition) is 6. The standard InChI is InChI=1S/C25H40N4O5/c1-7-21(30)9-8-10-22(31)28-23(16(2)3)25(33)26-18(6)24(32)27-20-13-11-19(12-14-20)15-34-29-17(4)5/h11-14,16-18,23,29H,7-10,15H2,1-6H3,(H,26,33)(H,27,32)(H,28,31)/t18-,23-/m1/s1. The van der Waals surface area contributed by atoms with Gasteiger partial charge in [0.25, 0.3) is 0 Å². The van der Waals surface area contributed by atoms with E-state index in [2.05, 4.69) is 21.4 Å². The molecule has 0 saturated carbocycles. The molecule has 0 fully saturated rings. The Morgan fingerprint density at radius 3 is 2.09 bits per heavy atom. The highest BCUT2D eigenvalue weighted by atomic mass is 16.6. The van der Waals surface area contributed by atoms with Crippen molar-refractivity contribution in [2.45, 2.75) is 92.0 Å². The maximum atomic E-state index is 12.7. The molecule has 0 spiro atoms. The minimum atomic E-state index is -0.800. The lowest BCUT2D eigenvalue weighted by molar-refractivity contribution is -0.132. The van der Waals surface area contributed by atoms with Gasteiger partial charge in [-0.2, -0.15) is 5.48 Å². The normalized spacial score (nSPS) is 12.8. The molecule has 4 N–H and O–H groups in total. The summed E-state index contributed by atoms with van der Waals surface area (Å²) in [5.74, 6) is -1.15. The van der Waals surface area contributed by atoms with Crippen LogP contribution in [-0.2, 0) is 30.6 Å². The number of benzene rings is 1. The van der Waals surface area contributed by atoms with E-state index in [1.54, 1.807) is 26.0 Å². The van der Waals surface area contributed by atoms with Gasteiger partial charge in [0.2, 0.25) is 17.7 Å². The molecule has 0 radical (unpaired) electrons. The SMILES string of the molecule is CCC(=O)CCCC(=O)N[C@@H](C(=O)N[C@H](C)C(=O)Nc1ccc(CONC(C)C)cc1)C(C)C. The van der Waals surface area contributed by atoms with Crippen LogP contribution in [0.4, 0.5) is 5.69 Å². The molecule has 1 aromatic rings. The number of hydrogen-bond donors (Lipinski definition) is 4. The molecule has 1 aromatic carbocycles. The molecule has 34 heavy (non-hydrogen) atoms. The number of Topliss-reactive ketones (excluding diaryl/α,β-unsaturated/α-hetero) is 1. The summed E-state index contributed by atoms with van der Waals surface area (Å²) in [6.07, 6.45) is 1.42. The molecule has 2 atom stereocenters. The number of ketones is 1. The zero-order chi connectivity index (χ0) is 25.7. The minimum Gasteiger partial charge on any atom is -0.344 e. The van der Waals surface area contributed by atoms with E-state index in [0.717, 1.165) is 5.56 Å². The fraction of sp³-hybridized carbons (Fsp3) is 0.600. The van der Waals surface area contributed by atoms with E-state index in [1.165, 1.54) is 0 Å². The van der Waals surface area contributed by atoms with Crippen LogP contribution in [0.15, 0.2) is 24.3 Å². The van der Waals surface area contributed by atoms with Crippen LogP contribution in [-0.4, -0.2) is 41.6 Å². The summed E-state index contributed by atoms with van der Waals surface area (Å²) in [6.45, 7) is 11.4. The number of carbonyl (C=O) groups excluding carboxylic acids is 4. The van der Waals surface area contributed by atoms with Crippen molar-refractivity contribution >= 4 is 29.2 Å². The van der Waals surface area contributed by atoms with Crippen molar-refractivity contribution in [1.82, 2.24) is 16.1 Å². The van der Waals surface area contributed by atoms with Crippen molar-refractivity contribution < 1.29 is 24.0 Å². The number of rotatable bonds is 15. The van der Waals surface area contributed by atoms with E-state index in [9.17, 15) is 19.2 Å². The van der Waals surface area contributed by atoms with Crippen LogP contribution in [0.25, 0.3) is 0 Å². The molecule has 9 nitrogen and oxygen atoms in total. The lowest BCUT2D eigenvalue weighted by Gasteiger charge is -2.24. The molecule has 0 aliphatic carbocycles. The molecular weight excluding hydrogens is 436 g/mol. The molecule has 190 valence electrons. The number of nitrogens with one attached hydrogen (secondary N) is 4. The predicted octanol–water partition coefficient (Wildman–Crippen LogP) is 2.85. The first kappa shape index (κ1) is 29.3. The van der Waals surface area contributed by atoms with Gasteiger partial charge in [-0.1, -0.05) is 32.9 Å². The average molecular weight is 477 g/mol. The third-order valence-corrected chi connectivity index (χ3v) is 5.05. The summed E-state index contributed by atoms with van der Waals surface area (Å²) in [7, 11) is 0. The first-order valence-electron chi connectivity index (χ1n) is 11.9.